The molecule has 1 aromatic carbocycles. The zero-order valence-electron chi connectivity index (χ0n) is 7.14. The van der Waals surface area contributed by atoms with E-state index in [0.29, 0.717) is 11.1 Å². The molecule has 0 aliphatic rings. The predicted octanol–water partition coefficient (Wildman–Crippen LogP) is -0.0157. The molecule has 2 rings (SSSR count). The van der Waals surface area contributed by atoms with Gasteiger partial charge in [-0.25, -0.2) is 0 Å². The van der Waals surface area contributed by atoms with Gasteiger partial charge in [0.15, 0.2) is 0 Å². The molecule has 0 unspecified atom stereocenters. The first kappa shape index (κ1) is 8.82. The maximum Gasteiger partial charge on any atom is 0.526 e. The van der Waals surface area contributed by atoms with Gasteiger partial charge in [0, 0.05) is 5.39 Å². The van der Waals surface area contributed by atoms with E-state index in [-0.39, 0.29) is 5.66 Å². The van der Waals surface area contributed by atoms with Gasteiger partial charge in [0.05, 0.1) is 11.6 Å². The zero-order valence-corrected chi connectivity index (χ0v) is 7.14. The van der Waals surface area contributed by atoms with Crippen LogP contribution in [-0.4, -0.2) is 17.2 Å². The first-order chi connectivity index (χ1) is 6.70. The molecule has 4 nitrogen and oxygen atoms in total. The molecule has 1 aromatic heterocycles. The van der Waals surface area contributed by atoms with Crippen LogP contribution in [0.3, 0.4) is 0 Å². The Hall–Kier alpha value is -1.77. The van der Waals surface area contributed by atoms with Crippen molar-refractivity contribution >= 4 is 23.7 Å². The van der Waals surface area contributed by atoms with E-state index in [9.17, 15) is 0 Å². The number of hydrogen-bond donors (Lipinski definition) is 2. The van der Waals surface area contributed by atoms with Crippen LogP contribution in [0.15, 0.2) is 28.7 Å². The van der Waals surface area contributed by atoms with Crippen molar-refractivity contribution in [1.29, 1.82) is 5.26 Å². The molecule has 68 valence electrons. The largest absolute Gasteiger partial charge is 0.526 e. The van der Waals surface area contributed by atoms with Gasteiger partial charge in [0.2, 0.25) is 0 Å². The highest BCUT2D eigenvalue weighted by atomic mass is 16.4. The van der Waals surface area contributed by atoms with Crippen molar-refractivity contribution in [3.8, 4) is 6.07 Å². The first-order valence-electron chi connectivity index (χ1n) is 4.00. The van der Waals surface area contributed by atoms with E-state index in [1.54, 1.807) is 18.2 Å². The van der Waals surface area contributed by atoms with E-state index in [1.807, 2.05) is 6.07 Å². The normalized spacial score (nSPS) is 10.1. The molecule has 0 aliphatic carbocycles. The van der Waals surface area contributed by atoms with Crippen molar-refractivity contribution in [2.45, 2.75) is 0 Å². The summed E-state index contributed by atoms with van der Waals surface area (Å²) in [6.07, 6.45) is 0. The Morgan fingerprint density at radius 3 is 2.71 bits per heavy atom. The summed E-state index contributed by atoms with van der Waals surface area (Å²) in [5.41, 5.74) is 1.04. The number of hydrogen-bond acceptors (Lipinski definition) is 4. The second kappa shape index (κ2) is 3.18. The maximum absolute atomic E-state index is 8.85. The molecular weight excluding hydrogens is 181 g/mol. The number of furan rings is 1. The van der Waals surface area contributed by atoms with Crippen molar-refractivity contribution < 1.29 is 14.5 Å². The van der Waals surface area contributed by atoms with E-state index < -0.39 is 7.12 Å². The van der Waals surface area contributed by atoms with E-state index >= 15 is 0 Å². The fourth-order valence-corrected chi connectivity index (χ4v) is 1.25. The van der Waals surface area contributed by atoms with Crippen LogP contribution < -0.4 is 5.66 Å². The quantitative estimate of drug-likeness (QED) is 0.615. The number of nitrogens with zero attached hydrogens (tertiary/aromatic N) is 1. The molecule has 0 spiro atoms. The standard InChI is InChI=1S/C9H6BNO3/c11-5-6-1-2-7-4-9(10(12)13)14-8(7)3-6/h1-4,12-13H. The average molecular weight is 187 g/mol. The molecule has 0 aliphatic heterocycles. The van der Waals surface area contributed by atoms with Gasteiger partial charge in [-0.15, -0.1) is 0 Å². The topological polar surface area (TPSA) is 77.4 Å². The van der Waals surface area contributed by atoms with Crippen LogP contribution >= 0.6 is 0 Å². The Morgan fingerprint density at radius 1 is 1.29 bits per heavy atom. The second-order valence-corrected chi connectivity index (χ2v) is 2.89. The van der Waals surface area contributed by atoms with Crippen molar-refractivity contribution in [3.05, 3.63) is 29.8 Å². The molecule has 2 N–H and O–H groups in total. The summed E-state index contributed by atoms with van der Waals surface area (Å²) in [4.78, 5) is 0. The van der Waals surface area contributed by atoms with Crippen molar-refractivity contribution in [1.82, 2.24) is 0 Å². The van der Waals surface area contributed by atoms with Crippen molar-refractivity contribution in [2.75, 3.05) is 0 Å². The molecule has 5 heteroatoms. The van der Waals surface area contributed by atoms with Crippen LogP contribution in [0.4, 0.5) is 0 Å². The summed E-state index contributed by atoms with van der Waals surface area (Å²) >= 11 is 0. The van der Waals surface area contributed by atoms with Gasteiger partial charge in [-0.05, 0) is 24.3 Å². The Kier molecular flexibility index (Phi) is 2.00. The third kappa shape index (κ3) is 1.37. The Morgan fingerprint density at radius 2 is 2.07 bits per heavy atom. The van der Waals surface area contributed by atoms with Crippen LogP contribution in [-0.2, 0) is 0 Å². The molecular formula is C9H6BNO3. The smallest absolute Gasteiger partial charge is 0.465 e. The van der Waals surface area contributed by atoms with Gasteiger partial charge in [-0.3, -0.25) is 0 Å². The predicted molar refractivity (Wildman–Crippen MR) is 50.8 cm³/mol. The molecule has 0 bridgehead atoms. The first-order valence-corrected chi connectivity index (χ1v) is 4.00. The van der Waals surface area contributed by atoms with Gasteiger partial charge >= 0.3 is 7.12 Å². The number of benzene rings is 1. The van der Waals surface area contributed by atoms with Gasteiger partial charge < -0.3 is 14.5 Å². The van der Waals surface area contributed by atoms with Crippen LogP contribution in [0, 0.1) is 11.3 Å². The lowest BCUT2D eigenvalue weighted by Gasteiger charge is -1.89. The third-order valence-electron chi connectivity index (χ3n) is 1.92. The lowest BCUT2D eigenvalue weighted by Crippen LogP contribution is -2.27. The molecule has 2 aromatic rings. The molecule has 0 atom stereocenters. The highest BCUT2D eigenvalue weighted by molar-refractivity contribution is 6.57. The molecule has 0 fully saturated rings. The van der Waals surface area contributed by atoms with Crippen molar-refractivity contribution in [2.24, 2.45) is 0 Å². The fourth-order valence-electron chi connectivity index (χ4n) is 1.25. The number of rotatable bonds is 1. The fraction of sp³-hybridized carbons (Fsp3) is 0. The summed E-state index contributed by atoms with van der Waals surface area (Å²) in [7, 11) is -1.62. The monoisotopic (exact) mass is 187 g/mol. The zero-order chi connectivity index (χ0) is 10.1. The summed E-state index contributed by atoms with van der Waals surface area (Å²) in [5, 5.41) is 27.1. The minimum Gasteiger partial charge on any atom is -0.465 e. The highest BCUT2D eigenvalue weighted by Gasteiger charge is 2.16. The maximum atomic E-state index is 8.85. The molecule has 0 radical (unpaired) electrons. The van der Waals surface area contributed by atoms with Crippen LogP contribution in [0.1, 0.15) is 5.56 Å². The van der Waals surface area contributed by atoms with E-state index in [4.69, 9.17) is 19.7 Å². The molecule has 0 saturated carbocycles. The van der Waals surface area contributed by atoms with Crippen molar-refractivity contribution in [3.63, 3.8) is 0 Å². The lowest BCUT2D eigenvalue weighted by atomic mass is 9.88. The molecule has 0 amide bonds. The number of nitriles is 1. The Bertz CT molecular complexity index is 512. The van der Waals surface area contributed by atoms with E-state index in [2.05, 4.69) is 0 Å². The van der Waals surface area contributed by atoms with E-state index in [1.165, 1.54) is 6.07 Å². The highest BCUT2D eigenvalue weighted by Crippen LogP contribution is 2.15. The number of fused-ring (bicyclic) bond motifs is 1. The Balaban J connectivity index is 2.61. The molecule has 1 heterocycles. The average Bonchev–Trinajstić information content (AvgIpc) is 2.59. The van der Waals surface area contributed by atoms with E-state index in [0.717, 1.165) is 5.39 Å². The van der Waals surface area contributed by atoms with Gasteiger partial charge in [-0.2, -0.15) is 5.26 Å². The van der Waals surface area contributed by atoms with Gasteiger partial charge in [0.25, 0.3) is 0 Å². The SMILES string of the molecule is N#Cc1ccc2cc(B(O)O)oc2c1. The molecule has 14 heavy (non-hydrogen) atoms. The minimum atomic E-state index is -1.62. The van der Waals surface area contributed by atoms with Crippen LogP contribution in [0.25, 0.3) is 11.0 Å². The third-order valence-corrected chi connectivity index (χ3v) is 1.92. The second-order valence-electron chi connectivity index (χ2n) is 2.89. The van der Waals surface area contributed by atoms with Crippen LogP contribution in [0.5, 0.6) is 0 Å². The summed E-state index contributed by atoms with van der Waals surface area (Å²) in [5.74, 6) is 0. The summed E-state index contributed by atoms with van der Waals surface area (Å²) < 4.78 is 5.12. The van der Waals surface area contributed by atoms with Gasteiger partial charge in [0.1, 0.15) is 11.2 Å². The molecule has 0 saturated heterocycles. The van der Waals surface area contributed by atoms with Crippen LogP contribution in [0.2, 0.25) is 0 Å². The van der Waals surface area contributed by atoms with Gasteiger partial charge in [-0.1, -0.05) is 0 Å². The minimum absolute atomic E-state index is 0.0788. The summed E-state index contributed by atoms with van der Waals surface area (Å²) in [6.45, 7) is 0. The summed E-state index contributed by atoms with van der Waals surface area (Å²) in [6, 6.07) is 8.40. The lowest BCUT2D eigenvalue weighted by molar-refractivity contribution is 0.412. The Labute approximate surface area is 80.1 Å².